The smallest absolute Gasteiger partial charge is 0.281 e. The Morgan fingerprint density at radius 2 is 1.74 bits per heavy atom. The summed E-state index contributed by atoms with van der Waals surface area (Å²) in [6.07, 6.45) is -0.0675. The van der Waals surface area contributed by atoms with Crippen molar-refractivity contribution in [2.45, 2.75) is 26.4 Å². The molecule has 0 saturated heterocycles. The third-order valence-corrected chi connectivity index (χ3v) is 2.62. The number of aliphatic hydroxyl groups excluding tert-OH is 2. The minimum atomic E-state index is -0.980. The second-order valence-electron chi connectivity index (χ2n) is 4.28. The third-order valence-electron chi connectivity index (χ3n) is 2.62. The molecular formula is C13H19NO5. The minimum absolute atomic E-state index is 0.0790. The van der Waals surface area contributed by atoms with Crippen molar-refractivity contribution in [3.63, 3.8) is 0 Å². The van der Waals surface area contributed by atoms with Crippen LogP contribution in [0.1, 0.15) is 20.3 Å². The molecule has 19 heavy (non-hydrogen) atoms. The van der Waals surface area contributed by atoms with Crippen LogP contribution in [0.2, 0.25) is 0 Å². The molecule has 0 spiro atoms. The van der Waals surface area contributed by atoms with Gasteiger partial charge in [-0.3, -0.25) is 0 Å². The van der Waals surface area contributed by atoms with Crippen LogP contribution >= 0.6 is 0 Å². The van der Waals surface area contributed by atoms with Crippen molar-refractivity contribution in [1.82, 2.24) is 5.32 Å². The van der Waals surface area contributed by atoms with Crippen molar-refractivity contribution in [2.75, 3.05) is 6.54 Å². The Morgan fingerprint density at radius 3 is 2.11 bits per heavy atom. The Morgan fingerprint density at radius 1 is 1.21 bits per heavy atom. The second kappa shape index (κ2) is 6.19. The van der Waals surface area contributed by atoms with Crippen LogP contribution in [0.25, 0.3) is 11.6 Å². The average molecular weight is 269 g/mol. The molecule has 6 nitrogen and oxygen atoms in total. The minimum Gasteiger partial charge on any atom is -0.507 e. The fourth-order valence-electron chi connectivity index (χ4n) is 1.71. The van der Waals surface area contributed by atoms with Gasteiger partial charge in [-0.1, -0.05) is 6.92 Å². The Bertz CT molecular complexity index is 532. The summed E-state index contributed by atoms with van der Waals surface area (Å²) in [5.41, 5.74) is 0.555. The van der Waals surface area contributed by atoms with E-state index in [2.05, 4.69) is 5.32 Å². The normalized spacial score (nSPS) is 11.9. The third kappa shape index (κ3) is 3.69. The lowest BCUT2D eigenvalue weighted by atomic mass is 10.1. The van der Waals surface area contributed by atoms with Crippen LogP contribution in [0.5, 0.6) is 11.5 Å². The first-order chi connectivity index (χ1) is 8.86. The summed E-state index contributed by atoms with van der Waals surface area (Å²) in [5, 5.41) is 49.9. The van der Waals surface area contributed by atoms with Crippen LogP contribution in [-0.4, -0.2) is 38.2 Å². The molecule has 106 valence electrons. The lowest BCUT2D eigenvalue weighted by Crippen LogP contribution is -2.28. The molecule has 1 rings (SSSR count). The number of rotatable bonds is 4. The second-order valence-corrected chi connectivity index (χ2v) is 4.28. The highest BCUT2D eigenvalue weighted by atomic mass is 16.5. The molecule has 0 saturated carbocycles. The Balaban J connectivity index is 3.43. The standard InChI is InChI=1S/C13H19NO5/c1-3-9(14-6-7(2)15)12-10(16)4-8(13(18)19)5-11(12)17/h4-5,7,14-19H,3,6H2,1-2H3. The Hall–Kier alpha value is -2.08. The van der Waals surface area contributed by atoms with Gasteiger partial charge in [0.05, 0.1) is 16.5 Å². The molecule has 0 bridgehead atoms. The van der Waals surface area contributed by atoms with E-state index in [9.17, 15) is 15.3 Å². The van der Waals surface area contributed by atoms with E-state index in [0.717, 1.165) is 12.1 Å². The fourth-order valence-corrected chi connectivity index (χ4v) is 1.71. The predicted octanol–water partition coefficient (Wildman–Crippen LogP) is -0.232. The molecule has 0 aromatic heterocycles. The summed E-state index contributed by atoms with van der Waals surface area (Å²) in [5.74, 6) is -1.52. The van der Waals surface area contributed by atoms with Gasteiger partial charge in [-0.25, -0.2) is 0 Å². The highest BCUT2D eigenvalue weighted by molar-refractivity contribution is 5.52. The topological polar surface area (TPSA) is 113 Å². The van der Waals surface area contributed by atoms with Crippen LogP contribution in [0, 0.1) is 0 Å². The van der Waals surface area contributed by atoms with Crippen LogP contribution in [0.3, 0.4) is 0 Å². The van der Waals surface area contributed by atoms with Gasteiger partial charge in [0.2, 0.25) is 0 Å². The van der Waals surface area contributed by atoms with E-state index < -0.39 is 12.0 Å². The number of hydrogen-bond acceptors (Lipinski definition) is 6. The summed E-state index contributed by atoms with van der Waals surface area (Å²) in [4.78, 5) is 0. The lowest BCUT2D eigenvalue weighted by molar-refractivity contribution is 0.196. The lowest BCUT2D eigenvalue weighted by Gasteiger charge is -2.12. The van der Waals surface area contributed by atoms with Gasteiger partial charge in [-0.15, -0.1) is 0 Å². The number of nitrogens with one attached hydrogen (secondary N) is 1. The first kappa shape index (κ1) is 15.0. The fraction of sp³-hybridized carbons (Fsp3) is 0.385. The van der Waals surface area contributed by atoms with Crippen LogP contribution in [0.4, 0.5) is 0 Å². The molecule has 0 aliphatic rings. The molecule has 1 atom stereocenters. The molecule has 6 N–H and O–H groups in total. The number of hydrogen-bond donors (Lipinski definition) is 6. The van der Waals surface area contributed by atoms with E-state index in [1.807, 2.05) is 6.92 Å². The van der Waals surface area contributed by atoms with Gasteiger partial charge in [0, 0.05) is 12.2 Å². The molecule has 6 heteroatoms. The Kier molecular flexibility index (Phi) is 4.88. The van der Waals surface area contributed by atoms with Gasteiger partial charge in [0.15, 0.2) is 0 Å². The van der Waals surface area contributed by atoms with Crippen molar-refractivity contribution in [3.05, 3.63) is 22.6 Å². The SMILES string of the molecule is CCC(NCC(C)O)=c1c(O)cc(=C(O)O)cc1O. The van der Waals surface area contributed by atoms with E-state index in [1.165, 1.54) is 0 Å². The van der Waals surface area contributed by atoms with Crippen LogP contribution in [0.15, 0.2) is 12.1 Å². The molecule has 0 aliphatic carbocycles. The number of aromatic hydroxyl groups is 2. The van der Waals surface area contributed by atoms with E-state index in [4.69, 9.17) is 10.2 Å². The maximum Gasteiger partial charge on any atom is 0.281 e. The summed E-state index contributed by atoms with van der Waals surface area (Å²) in [6.45, 7) is 3.72. The first-order valence-corrected chi connectivity index (χ1v) is 5.96. The Labute approximate surface area is 110 Å². The molecule has 0 radical (unpaired) electrons. The summed E-state index contributed by atoms with van der Waals surface area (Å²) in [7, 11) is 0. The molecule has 0 aliphatic heterocycles. The van der Waals surface area contributed by atoms with E-state index in [-0.39, 0.29) is 28.5 Å². The zero-order valence-electron chi connectivity index (χ0n) is 10.9. The zero-order valence-corrected chi connectivity index (χ0v) is 10.9. The number of phenols is 2. The quantitative estimate of drug-likeness (QED) is 0.450. The predicted molar refractivity (Wildman–Crippen MR) is 71.1 cm³/mol. The highest BCUT2D eigenvalue weighted by Crippen LogP contribution is 2.09. The van der Waals surface area contributed by atoms with Gasteiger partial charge in [-0.05, 0) is 25.5 Å². The van der Waals surface area contributed by atoms with Gasteiger partial charge < -0.3 is 30.8 Å². The maximum atomic E-state index is 9.87. The molecule has 1 unspecified atom stereocenters. The average Bonchev–Trinajstić information content (AvgIpc) is 2.31. The molecule has 1 aromatic rings. The summed E-state index contributed by atoms with van der Waals surface area (Å²) < 4.78 is 0. The largest absolute Gasteiger partial charge is 0.507 e. The van der Waals surface area contributed by atoms with Gasteiger partial charge in [-0.2, -0.15) is 0 Å². The van der Waals surface area contributed by atoms with Crippen molar-refractivity contribution in [2.24, 2.45) is 0 Å². The molecule has 0 amide bonds. The van der Waals surface area contributed by atoms with E-state index in [0.29, 0.717) is 12.1 Å². The highest BCUT2D eigenvalue weighted by Gasteiger charge is 2.08. The van der Waals surface area contributed by atoms with Crippen LogP contribution in [-0.2, 0) is 0 Å². The first-order valence-electron chi connectivity index (χ1n) is 5.96. The van der Waals surface area contributed by atoms with Gasteiger partial charge >= 0.3 is 0 Å². The van der Waals surface area contributed by atoms with Crippen LogP contribution < -0.4 is 15.8 Å². The van der Waals surface area contributed by atoms with Crippen molar-refractivity contribution < 1.29 is 25.5 Å². The van der Waals surface area contributed by atoms with Gasteiger partial charge in [0.25, 0.3) is 5.95 Å². The number of benzene rings is 1. The maximum absolute atomic E-state index is 9.87. The molecular weight excluding hydrogens is 250 g/mol. The number of aliphatic hydroxyl groups is 3. The summed E-state index contributed by atoms with van der Waals surface area (Å²) >= 11 is 0. The molecule has 1 aromatic carbocycles. The summed E-state index contributed by atoms with van der Waals surface area (Å²) in [6, 6.07) is 2.29. The number of phenolic OH excluding ortho intramolecular Hbond substituents is 2. The monoisotopic (exact) mass is 269 g/mol. The van der Waals surface area contributed by atoms with Gasteiger partial charge in [0.1, 0.15) is 11.5 Å². The van der Waals surface area contributed by atoms with Crippen molar-refractivity contribution in [3.8, 4) is 11.5 Å². The zero-order chi connectivity index (χ0) is 14.6. The molecule has 0 heterocycles. The van der Waals surface area contributed by atoms with E-state index in [1.54, 1.807) is 6.92 Å². The van der Waals surface area contributed by atoms with Crippen molar-refractivity contribution >= 4 is 11.6 Å². The van der Waals surface area contributed by atoms with Crippen molar-refractivity contribution in [1.29, 1.82) is 0 Å². The van der Waals surface area contributed by atoms with E-state index >= 15 is 0 Å². The molecule has 0 fully saturated rings.